The van der Waals surface area contributed by atoms with E-state index in [1.165, 1.54) is 6.92 Å². The van der Waals surface area contributed by atoms with Gasteiger partial charge in [-0.15, -0.1) is 0 Å². The van der Waals surface area contributed by atoms with Crippen LogP contribution in [0.2, 0.25) is 0 Å². The van der Waals surface area contributed by atoms with Gasteiger partial charge in [-0.3, -0.25) is 10.2 Å². The predicted octanol–water partition coefficient (Wildman–Crippen LogP) is 0.119. The summed E-state index contributed by atoms with van der Waals surface area (Å²) >= 11 is 0. The molecular weight excluding hydrogens is 182 g/mol. The number of carboxylic acids is 1. The van der Waals surface area contributed by atoms with E-state index in [4.69, 9.17) is 10.5 Å². The Kier molecular flexibility index (Phi) is 3.38. The lowest BCUT2D eigenvalue weighted by Crippen LogP contribution is -2.19. The zero-order chi connectivity index (χ0) is 9.94. The molecule has 70 valence electrons. The van der Waals surface area contributed by atoms with Crippen molar-refractivity contribution in [3.63, 3.8) is 0 Å². The molecule has 1 atom stereocenters. The lowest BCUT2D eigenvalue weighted by atomic mass is 10.1. The summed E-state index contributed by atoms with van der Waals surface area (Å²) in [5.41, 5.74) is 0. The van der Waals surface area contributed by atoms with Gasteiger partial charge in [0.2, 0.25) is 0 Å². The van der Waals surface area contributed by atoms with Crippen molar-refractivity contribution in [2.45, 2.75) is 13.3 Å². The number of hydrogen-bond donors (Lipinski definition) is 2. The Morgan fingerprint density at radius 1 is 1.58 bits per heavy atom. The molecule has 0 aromatic rings. The number of rotatable bonds is 3. The van der Waals surface area contributed by atoms with Gasteiger partial charge in [-0.05, 0) is 0 Å². The van der Waals surface area contributed by atoms with Gasteiger partial charge in [0.15, 0.2) is 9.84 Å². The Hall–Kier alpha value is -0.910. The quantitative estimate of drug-likeness (QED) is 0.491. The summed E-state index contributed by atoms with van der Waals surface area (Å²) in [7, 11) is -3.51. The maximum Gasteiger partial charge on any atom is 0.306 e. The van der Waals surface area contributed by atoms with Crippen molar-refractivity contribution in [1.29, 1.82) is 5.41 Å². The second-order valence-electron chi connectivity index (χ2n) is 2.64. The summed E-state index contributed by atoms with van der Waals surface area (Å²) in [5, 5.41) is 14.9. The topological polar surface area (TPSA) is 95.3 Å². The van der Waals surface area contributed by atoms with E-state index < -0.39 is 26.8 Å². The van der Waals surface area contributed by atoms with E-state index in [0.29, 0.717) is 0 Å². The van der Waals surface area contributed by atoms with Gasteiger partial charge in [0.1, 0.15) is 5.04 Å². The minimum absolute atomic E-state index is 0.242. The first kappa shape index (κ1) is 11.1. The third-order valence-corrected chi connectivity index (χ3v) is 2.42. The van der Waals surface area contributed by atoms with Gasteiger partial charge in [-0.25, -0.2) is 8.42 Å². The predicted molar refractivity (Wildman–Crippen MR) is 44.0 cm³/mol. The van der Waals surface area contributed by atoms with Crippen LogP contribution in [0.4, 0.5) is 0 Å². The summed E-state index contributed by atoms with van der Waals surface area (Å²) in [6.45, 7) is 1.36. The van der Waals surface area contributed by atoms with Gasteiger partial charge in [0.25, 0.3) is 0 Å². The highest BCUT2D eigenvalue weighted by Gasteiger charge is 2.19. The van der Waals surface area contributed by atoms with Crippen molar-refractivity contribution in [2.24, 2.45) is 5.92 Å². The molecule has 0 aromatic carbocycles. The number of sulfone groups is 1. The van der Waals surface area contributed by atoms with Crippen molar-refractivity contribution in [3.05, 3.63) is 0 Å². The van der Waals surface area contributed by atoms with Crippen LogP contribution in [0.5, 0.6) is 0 Å². The highest BCUT2D eigenvalue weighted by Crippen LogP contribution is 2.05. The third-order valence-electron chi connectivity index (χ3n) is 1.36. The smallest absolute Gasteiger partial charge is 0.306 e. The van der Waals surface area contributed by atoms with E-state index in [1.54, 1.807) is 0 Å². The molecule has 0 bridgehead atoms. The van der Waals surface area contributed by atoms with Crippen molar-refractivity contribution < 1.29 is 18.3 Å². The minimum Gasteiger partial charge on any atom is -0.481 e. The Bertz CT molecular complexity index is 293. The van der Waals surface area contributed by atoms with Crippen LogP contribution in [0.3, 0.4) is 0 Å². The Labute approximate surface area is 70.8 Å². The van der Waals surface area contributed by atoms with Crippen LogP contribution in [0, 0.1) is 11.3 Å². The molecule has 12 heavy (non-hydrogen) atoms. The highest BCUT2D eigenvalue weighted by molar-refractivity contribution is 8.05. The summed E-state index contributed by atoms with van der Waals surface area (Å²) in [5.74, 6) is -1.92. The van der Waals surface area contributed by atoms with E-state index in [9.17, 15) is 13.2 Å². The SMILES string of the molecule is CC(CC(=N)S(C)(=O)=O)C(=O)O. The fourth-order valence-corrected chi connectivity index (χ4v) is 1.07. The van der Waals surface area contributed by atoms with Crippen molar-refractivity contribution >= 4 is 20.9 Å². The molecule has 6 heteroatoms. The molecule has 1 unspecified atom stereocenters. The van der Waals surface area contributed by atoms with E-state index in [0.717, 1.165) is 6.26 Å². The average Bonchev–Trinajstić information content (AvgIpc) is 1.85. The molecule has 0 heterocycles. The minimum atomic E-state index is -3.51. The fraction of sp³-hybridized carbons (Fsp3) is 0.667. The molecule has 0 radical (unpaired) electrons. The molecule has 0 aromatic heterocycles. The summed E-state index contributed by atoms with van der Waals surface area (Å²) in [6.07, 6.45) is 0.651. The second-order valence-corrected chi connectivity index (χ2v) is 4.68. The summed E-state index contributed by atoms with van der Waals surface area (Å²) < 4.78 is 21.3. The molecule has 0 saturated heterocycles. The van der Waals surface area contributed by atoms with Gasteiger partial charge in [0.05, 0.1) is 5.92 Å². The van der Waals surface area contributed by atoms with Crippen LogP contribution in [-0.4, -0.2) is 30.8 Å². The first-order valence-corrected chi connectivity index (χ1v) is 5.14. The van der Waals surface area contributed by atoms with E-state index >= 15 is 0 Å². The summed E-state index contributed by atoms with van der Waals surface area (Å²) in [4.78, 5) is 10.3. The number of carboxylic acid groups (broad SMARTS) is 1. The molecule has 0 aliphatic rings. The maximum atomic E-state index is 10.7. The van der Waals surface area contributed by atoms with Gasteiger partial charge in [-0.2, -0.15) is 0 Å². The van der Waals surface area contributed by atoms with Crippen LogP contribution >= 0.6 is 0 Å². The van der Waals surface area contributed by atoms with Crippen molar-refractivity contribution in [1.82, 2.24) is 0 Å². The molecule has 2 N–H and O–H groups in total. The number of carbonyl (C=O) groups is 1. The lowest BCUT2D eigenvalue weighted by molar-refractivity contribution is -0.140. The van der Waals surface area contributed by atoms with Gasteiger partial charge >= 0.3 is 5.97 Å². The van der Waals surface area contributed by atoms with Crippen LogP contribution in [0.1, 0.15) is 13.3 Å². The van der Waals surface area contributed by atoms with Crippen molar-refractivity contribution in [3.8, 4) is 0 Å². The van der Waals surface area contributed by atoms with Gasteiger partial charge in [0, 0.05) is 12.7 Å². The number of nitrogens with one attached hydrogen (secondary N) is 1. The maximum absolute atomic E-state index is 10.7. The van der Waals surface area contributed by atoms with E-state index in [-0.39, 0.29) is 6.42 Å². The Morgan fingerprint density at radius 3 is 2.25 bits per heavy atom. The van der Waals surface area contributed by atoms with Crippen LogP contribution in [-0.2, 0) is 14.6 Å². The molecule has 0 fully saturated rings. The summed E-state index contributed by atoms with van der Waals surface area (Å²) in [6, 6.07) is 0. The van der Waals surface area contributed by atoms with Gasteiger partial charge in [-0.1, -0.05) is 6.92 Å². The van der Waals surface area contributed by atoms with Crippen LogP contribution in [0.25, 0.3) is 0 Å². The number of hydrogen-bond acceptors (Lipinski definition) is 4. The van der Waals surface area contributed by atoms with Crippen molar-refractivity contribution in [2.75, 3.05) is 6.26 Å². The normalized spacial score (nSPS) is 13.8. The van der Waals surface area contributed by atoms with Gasteiger partial charge < -0.3 is 5.11 Å². The Balaban J connectivity index is 4.31. The molecule has 0 aliphatic heterocycles. The average molecular weight is 193 g/mol. The molecule has 0 spiro atoms. The molecule has 0 rings (SSSR count). The molecule has 0 saturated carbocycles. The highest BCUT2D eigenvalue weighted by atomic mass is 32.2. The zero-order valence-corrected chi connectivity index (χ0v) is 7.68. The second kappa shape index (κ2) is 3.66. The van der Waals surface area contributed by atoms with E-state index in [2.05, 4.69) is 0 Å². The monoisotopic (exact) mass is 193 g/mol. The molecular formula is C6H11NO4S. The number of aliphatic carboxylic acids is 1. The van der Waals surface area contributed by atoms with Crippen LogP contribution in [0.15, 0.2) is 0 Å². The molecule has 0 amide bonds. The fourth-order valence-electron chi connectivity index (χ4n) is 0.517. The first-order valence-electron chi connectivity index (χ1n) is 3.25. The van der Waals surface area contributed by atoms with Crippen LogP contribution < -0.4 is 0 Å². The lowest BCUT2D eigenvalue weighted by Gasteiger charge is -2.04. The molecule has 0 aliphatic carbocycles. The molecule has 5 nitrogen and oxygen atoms in total. The van der Waals surface area contributed by atoms with E-state index in [1.807, 2.05) is 0 Å². The largest absolute Gasteiger partial charge is 0.481 e. The standard InChI is InChI=1S/C6H11NO4S/c1-4(6(8)9)3-5(7)12(2,10)11/h4,7H,3H2,1-2H3,(H,8,9). The Morgan fingerprint density at radius 2 is 2.00 bits per heavy atom. The zero-order valence-electron chi connectivity index (χ0n) is 6.86. The third kappa shape index (κ3) is 3.47. The first-order chi connectivity index (χ1) is 5.25.